The van der Waals surface area contributed by atoms with Crippen LogP contribution in [0.2, 0.25) is 0 Å². The van der Waals surface area contributed by atoms with Gasteiger partial charge in [0, 0.05) is 23.4 Å². The third-order valence-electron chi connectivity index (χ3n) is 3.03. The number of ether oxygens (including phenoxy) is 1. The molecule has 3 rings (SSSR count). The zero-order valence-corrected chi connectivity index (χ0v) is 13.2. The first kappa shape index (κ1) is 14.3. The summed E-state index contributed by atoms with van der Waals surface area (Å²) >= 11 is 9.31. The molecule has 0 unspecified atom stereocenters. The highest BCUT2D eigenvalue weighted by molar-refractivity contribution is 9.10. The maximum Gasteiger partial charge on any atom is 0.220 e. The molecule has 5 heteroatoms. The second-order valence-corrected chi connectivity index (χ2v) is 5.57. The number of rotatable bonds is 3. The van der Waals surface area contributed by atoms with Crippen molar-refractivity contribution in [3.05, 3.63) is 64.4 Å². The number of pyridine rings is 1. The molecule has 0 radical (unpaired) electrons. The Morgan fingerprint density at radius 1 is 1.14 bits per heavy atom. The number of fused-ring (bicyclic) bond motifs is 1. The van der Waals surface area contributed by atoms with Crippen LogP contribution in [0.4, 0.5) is 4.39 Å². The van der Waals surface area contributed by atoms with Gasteiger partial charge in [0.1, 0.15) is 11.6 Å². The molecule has 1 aromatic heterocycles. The zero-order valence-electron chi connectivity index (χ0n) is 10.8. The molecule has 21 heavy (non-hydrogen) atoms. The van der Waals surface area contributed by atoms with Gasteiger partial charge in [-0.15, -0.1) is 11.6 Å². The number of nitrogens with zero attached hydrogens (tertiary/aromatic N) is 1. The molecule has 1 heterocycles. The van der Waals surface area contributed by atoms with Gasteiger partial charge >= 0.3 is 0 Å². The molecule has 0 atom stereocenters. The molecular weight excluding hydrogens is 357 g/mol. The van der Waals surface area contributed by atoms with Crippen LogP contribution in [-0.2, 0) is 5.88 Å². The smallest absolute Gasteiger partial charge is 0.220 e. The minimum atomic E-state index is -0.369. The summed E-state index contributed by atoms with van der Waals surface area (Å²) in [4.78, 5) is 4.43. The largest absolute Gasteiger partial charge is 0.438 e. The lowest BCUT2D eigenvalue weighted by Gasteiger charge is -2.10. The fraction of sp³-hybridized carbons (Fsp3) is 0.0625. The molecule has 0 amide bonds. The summed E-state index contributed by atoms with van der Waals surface area (Å²) in [6.45, 7) is 0. The number of benzene rings is 2. The van der Waals surface area contributed by atoms with E-state index in [1.165, 1.54) is 12.1 Å². The van der Waals surface area contributed by atoms with Crippen molar-refractivity contribution in [1.29, 1.82) is 0 Å². The number of para-hydroxylation sites is 1. The van der Waals surface area contributed by atoms with Crippen LogP contribution in [0.25, 0.3) is 10.9 Å². The third-order valence-corrected chi connectivity index (χ3v) is 3.97. The van der Waals surface area contributed by atoms with Crippen LogP contribution >= 0.6 is 27.5 Å². The maximum atomic E-state index is 13.3. The summed E-state index contributed by atoms with van der Waals surface area (Å²) in [6.07, 6.45) is 0. The first-order chi connectivity index (χ1) is 10.2. The summed E-state index contributed by atoms with van der Waals surface area (Å²) in [6, 6.07) is 13.7. The lowest BCUT2D eigenvalue weighted by atomic mass is 10.1. The Balaban J connectivity index is 2.06. The van der Waals surface area contributed by atoms with Gasteiger partial charge in [0.05, 0.1) is 9.99 Å². The van der Waals surface area contributed by atoms with E-state index in [-0.39, 0.29) is 5.82 Å². The summed E-state index contributed by atoms with van der Waals surface area (Å²) in [5.41, 5.74) is 1.71. The predicted molar refractivity (Wildman–Crippen MR) is 85.5 cm³/mol. The maximum absolute atomic E-state index is 13.3. The van der Waals surface area contributed by atoms with E-state index >= 15 is 0 Å². The standard InChI is InChI=1S/C16H10BrClFNO/c17-13-6-5-11(19)8-15(13)21-16-7-10(9-18)12-3-1-2-4-14(12)20-16/h1-8H,9H2. The average Bonchev–Trinajstić information content (AvgIpc) is 2.50. The van der Waals surface area contributed by atoms with Crippen molar-refractivity contribution in [1.82, 2.24) is 4.98 Å². The van der Waals surface area contributed by atoms with Gasteiger partial charge in [0.25, 0.3) is 0 Å². The molecular formula is C16H10BrClFNO. The molecule has 0 bridgehead atoms. The summed E-state index contributed by atoms with van der Waals surface area (Å²) in [5, 5.41) is 0.984. The van der Waals surface area contributed by atoms with Gasteiger partial charge in [0.2, 0.25) is 5.88 Å². The predicted octanol–water partition coefficient (Wildman–Crippen LogP) is 5.67. The molecule has 2 aromatic carbocycles. The molecule has 106 valence electrons. The van der Waals surface area contributed by atoms with E-state index in [0.29, 0.717) is 22.0 Å². The van der Waals surface area contributed by atoms with Crippen molar-refractivity contribution in [3.63, 3.8) is 0 Å². The van der Waals surface area contributed by atoms with E-state index in [0.717, 1.165) is 16.5 Å². The molecule has 2 nitrogen and oxygen atoms in total. The highest BCUT2D eigenvalue weighted by atomic mass is 79.9. The normalized spacial score (nSPS) is 10.8. The van der Waals surface area contributed by atoms with Crippen LogP contribution < -0.4 is 4.74 Å². The van der Waals surface area contributed by atoms with Gasteiger partial charge in [-0.05, 0) is 39.7 Å². The Labute approximate surface area is 134 Å². The first-order valence-corrected chi connectivity index (χ1v) is 7.57. The molecule has 0 fully saturated rings. The van der Waals surface area contributed by atoms with E-state index < -0.39 is 0 Å². The van der Waals surface area contributed by atoms with Gasteiger partial charge in [-0.25, -0.2) is 9.37 Å². The van der Waals surface area contributed by atoms with Crippen LogP contribution in [0.3, 0.4) is 0 Å². The molecule has 3 aromatic rings. The Morgan fingerprint density at radius 3 is 2.76 bits per heavy atom. The fourth-order valence-electron chi connectivity index (χ4n) is 2.05. The van der Waals surface area contributed by atoms with Gasteiger partial charge < -0.3 is 4.74 Å². The lowest BCUT2D eigenvalue weighted by molar-refractivity contribution is 0.457. The van der Waals surface area contributed by atoms with Crippen LogP contribution in [0.15, 0.2) is 53.0 Å². The van der Waals surface area contributed by atoms with E-state index in [4.69, 9.17) is 16.3 Å². The Bertz CT molecular complexity index is 809. The number of hydrogen-bond donors (Lipinski definition) is 0. The van der Waals surface area contributed by atoms with Gasteiger partial charge in [-0.2, -0.15) is 0 Å². The van der Waals surface area contributed by atoms with E-state index in [2.05, 4.69) is 20.9 Å². The quantitative estimate of drug-likeness (QED) is 0.557. The average molecular weight is 367 g/mol. The van der Waals surface area contributed by atoms with Gasteiger partial charge in [-0.1, -0.05) is 18.2 Å². The van der Waals surface area contributed by atoms with Crippen LogP contribution in [0.5, 0.6) is 11.6 Å². The van der Waals surface area contributed by atoms with Gasteiger partial charge in [-0.3, -0.25) is 0 Å². The van der Waals surface area contributed by atoms with Crippen molar-refractivity contribution in [3.8, 4) is 11.6 Å². The van der Waals surface area contributed by atoms with E-state index in [9.17, 15) is 4.39 Å². The van der Waals surface area contributed by atoms with Crippen LogP contribution in [-0.4, -0.2) is 4.98 Å². The molecule has 0 aliphatic rings. The second-order valence-electron chi connectivity index (χ2n) is 4.45. The van der Waals surface area contributed by atoms with Crippen molar-refractivity contribution >= 4 is 38.4 Å². The molecule has 0 aliphatic carbocycles. The highest BCUT2D eigenvalue weighted by Gasteiger charge is 2.09. The summed E-state index contributed by atoms with van der Waals surface area (Å²) in [7, 11) is 0. The Kier molecular flexibility index (Phi) is 4.08. The minimum absolute atomic E-state index is 0.351. The fourth-order valence-corrected chi connectivity index (χ4v) is 2.60. The minimum Gasteiger partial charge on any atom is -0.438 e. The molecule has 0 aliphatic heterocycles. The van der Waals surface area contributed by atoms with Crippen LogP contribution in [0, 0.1) is 5.82 Å². The lowest BCUT2D eigenvalue weighted by Crippen LogP contribution is -1.93. The second kappa shape index (κ2) is 6.00. The SMILES string of the molecule is Fc1ccc(Br)c(Oc2cc(CCl)c3ccccc3n2)c1. The van der Waals surface area contributed by atoms with Crippen molar-refractivity contribution in [2.45, 2.75) is 5.88 Å². The van der Waals surface area contributed by atoms with Gasteiger partial charge in [0.15, 0.2) is 0 Å². The Morgan fingerprint density at radius 2 is 1.95 bits per heavy atom. The van der Waals surface area contributed by atoms with Crippen molar-refractivity contribution < 1.29 is 9.13 Å². The molecule has 0 saturated heterocycles. The molecule has 0 spiro atoms. The highest BCUT2D eigenvalue weighted by Crippen LogP contribution is 2.31. The zero-order chi connectivity index (χ0) is 14.8. The topological polar surface area (TPSA) is 22.1 Å². The van der Waals surface area contributed by atoms with E-state index in [1.807, 2.05) is 24.3 Å². The number of halogens is 3. The first-order valence-electron chi connectivity index (χ1n) is 6.25. The van der Waals surface area contributed by atoms with E-state index in [1.54, 1.807) is 12.1 Å². The number of alkyl halides is 1. The molecule has 0 N–H and O–H groups in total. The number of hydrogen-bond acceptors (Lipinski definition) is 2. The summed E-state index contributed by atoms with van der Waals surface area (Å²) in [5.74, 6) is 0.740. The monoisotopic (exact) mass is 365 g/mol. The van der Waals surface area contributed by atoms with Crippen molar-refractivity contribution in [2.24, 2.45) is 0 Å². The van der Waals surface area contributed by atoms with Crippen LogP contribution in [0.1, 0.15) is 5.56 Å². The Hall–Kier alpha value is -1.65. The number of aromatic nitrogens is 1. The molecule has 0 saturated carbocycles. The van der Waals surface area contributed by atoms with Crippen molar-refractivity contribution in [2.75, 3.05) is 0 Å². The third kappa shape index (κ3) is 3.01. The summed E-state index contributed by atoms with van der Waals surface area (Å²) < 4.78 is 19.6.